The molecule has 0 fully saturated rings. The van der Waals surface area contributed by atoms with Crippen molar-refractivity contribution >= 4 is 11.9 Å². The van der Waals surface area contributed by atoms with Gasteiger partial charge >= 0.3 is 5.97 Å². The van der Waals surface area contributed by atoms with Crippen LogP contribution in [0.25, 0.3) is 10.4 Å². The van der Waals surface area contributed by atoms with Crippen LogP contribution in [0.5, 0.6) is 0 Å². The molecule has 0 aromatic carbocycles. The fraction of sp³-hybridized carbons (Fsp3) is 0.833. The second-order valence-electron chi connectivity index (χ2n) is 4.65. The molecule has 126 valence electrons. The van der Waals surface area contributed by atoms with Gasteiger partial charge in [-0.1, -0.05) is 19.0 Å². The van der Waals surface area contributed by atoms with Gasteiger partial charge in [0, 0.05) is 17.5 Å². The summed E-state index contributed by atoms with van der Waals surface area (Å²) < 4.78 is 10.3. The predicted octanol–water partition coefficient (Wildman–Crippen LogP) is -0.103. The van der Waals surface area contributed by atoms with Gasteiger partial charge in [-0.2, -0.15) is 0 Å². The smallest absolute Gasteiger partial charge is 0.326 e. The van der Waals surface area contributed by atoms with Crippen molar-refractivity contribution in [2.75, 3.05) is 39.5 Å². The molecule has 0 aromatic rings. The zero-order chi connectivity index (χ0) is 16.8. The highest BCUT2D eigenvalue weighted by Gasteiger charge is 2.18. The molecule has 0 radical (unpaired) electrons. The molecular formula is C12H23N5O5. The maximum Gasteiger partial charge on any atom is 0.326 e. The molecule has 1 amide bonds. The molecule has 1 atom stereocenters. The highest BCUT2D eigenvalue weighted by molar-refractivity contribution is 5.84. The molecule has 0 unspecified atom stereocenters. The third-order valence-corrected chi connectivity index (χ3v) is 2.36. The van der Waals surface area contributed by atoms with Gasteiger partial charge in [0.15, 0.2) is 0 Å². The lowest BCUT2D eigenvalue weighted by Gasteiger charge is -2.12. The molecule has 10 nitrogen and oxygen atoms in total. The van der Waals surface area contributed by atoms with Crippen LogP contribution < -0.4 is 10.6 Å². The van der Waals surface area contributed by atoms with Crippen LogP contribution in [0.4, 0.5) is 0 Å². The third-order valence-electron chi connectivity index (χ3n) is 2.36. The molecule has 0 heterocycles. The van der Waals surface area contributed by atoms with Crippen LogP contribution in [0, 0.1) is 0 Å². The van der Waals surface area contributed by atoms with Gasteiger partial charge in [-0.05, 0) is 5.53 Å². The molecule has 0 rings (SSSR count). The third kappa shape index (κ3) is 11.9. The van der Waals surface area contributed by atoms with Gasteiger partial charge in [0.25, 0.3) is 0 Å². The van der Waals surface area contributed by atoms with Crippen LogP contribution in [0.3, 0.4) is 0 Å². The molecule has 0 aliphatic heterocycles. The average molecular weight is 317 g/mol. The number of carboxylic acid groups (broad SMARTS) is 1. The van der Waals surface area contributed by atoms with Crippen molar-refractivity contribution in [1.82, 2.24) is 10.6 Å². The summed E-state index contributed by atoms with van der Waals surface area (Å²) in [5, 5.41) is 17.3. The van der Waals surface area contributed by atoms with Crippen LogP contribution in [-0.4, -0.2) is 68.6 Å². The van der Waals surface area contributed by atoms with E-state index in [1.165, 1.54) is 0 Å². The maximum atomic E-state index is 11.4. The molecule has 22 heavy (non-hydrogen) atoms. The van der Waals surface area contributed by atoms with E-state index in [-0.39, 0.29) is 19.8 Å². The number of ether oxygens (including phenoxy) is 2. The van der Waals surface area contributed by atoms with Gasteiger partial charge in [-0.3, -0.25) is 4.79 Å². The molecule has 0 saturated heterocycles. The Balaban J connectivity index is 3.67. The molecule has 0 aliphatic carbocycles. The molecule has 3 N–H and O–H groups in total. The number of nitrogens with one attached hydrogen (secondary N) is 2. The van der Waals surface area contributed by atoms with E-state index in [0.717, 1.165) is 6.54 Å². The fourth-order valence-electron chi connectivity index (χ4n) is 1.34. The zero-order valence-corrected chi connectivity index (χ0v) is 12.8. The number of azide groups is 1. The Morgan fingerprint density at radius 3 is 2.55 bits per heavy atom. The number of carbonyl (C=O) groups excluding carboxylic acids is 1. The van der Waals surface area contributed by atoms with Gasteiger partial charge in [-0.25, -0.2) is 4.79 Å². The lowest BCUT2D eigenvalue weighted by Crippen LogP contribution is -2.44. The summed E-state index contributed by atoms with van der Waals surface area (Å²) in [4.78, 5) is 24.7. The monoisotopic (exact) mass is 317 g/mol. The van der Waals surface area contributed by atoms with Crippen LogP contribution in [0.1, 0.15) is 13.8 Å². The summed E-state index contributed by atoms with van der Waals surface area (Å²) in [7, 11) is 0. The van der Waals surface area contributed by atoms with Crippen LogP contribution in [0.2, 0.25) is 0 Å². The second kappa shape index (κ2) is 12.8. The van der Waals surface area contributed by atoms with Crippen LogP contribution >= 0.6 is 0 Å². The van der Waals surface area contributed by atoms with E-state index in [2.05, 4.69) is 20.7 Å². The largest absolute Gasteiger partial charge is 0.480 e. The quantitative estimate of drug-likeness (QED) is 0.187. The SMILES string of the molecule is CC(C)NCCOCCOCC(=O)N[C@@H](CN=[N+]=[N-])C(=O)O. The minimum absolute atomic E-state index is 0.225. The normalized spacial score (nSPS) is 11.8. The number of hydrogen-bond acceptors (Lipinski definition) is 6. The minimum atomic E-state index is -1.28. The van der Waals surface area contributed by atoms with Gasteiger partial charge < -0.3 is 25.2 Å². The lowest BCUT2D eigenvalue weighted by molar-refractivity contribution is -0.142. The molecule has 0 aliphatic rings. The minimum Gasteiger partial charge on any atom is -0.480 e. The van der Waals surface area contributed by atoms with Gasteiger partial charge in [0.05, 0.1) is 26.4 Å². The first-order valence-electron chi connectivity index (χ1n) is 6.89. The number of carboxylic acids is 1. The number of aliphatic carboxylic acids is 1. The topological polar surface area (TPSA) is 146 Å². The molecule has 0 spiro atoms. The Kier molecular flexibility index (Phi) is 11.7. The van der Waals surface area contributed by atoms with Gasteiger partial charge in [0.2, 0.25) is 5.91 Å². The van der Waals surface area contributed by atoms with Crippen molar-refractivity contribution in [1.29, 1.82) is 0 Å². The molecule has 0 bridgehead atoms. The Labute approximate surface area is 128 Å². The van der Waals surface area contributed by atoms with E-state index in [0.29, 0.717) is 19.3 Å². The number of nitrogens with zero attached hydrogens (tertiary/aromatic N) is 3. The van der Waals surface area contributed by atoms with E-state index < -0.39 is 17.9 Å². The zero-order valence-electron chi connectivity index (χ0n) is 12.8. The highest BCUT2D eigenvalue weighted by Crippen LogP contribution is 1.88. The van der Waals surface area contributed by atoms with Crippen LogP contribution in [-0.2, 0) is 19.1 Å². The molecule has 0 aromatic heterocycles. The summed E-state index contributed by atoms with van der Waals surface area (Å²) in [6, 6.07) is -0.860. The first kappa shape index (κ1) is 20.1. The first-order chi connectivity index (χ1) is 10.5. The lowest BCUT2D eigenvalue weighted by atomic mass is 10.3. The number of carbonyl (C=O) groups is 2. The van der Waals surface area contributed by atoms with E-state index >= 15 is 0 Å². The highest BCUT2D eigenvalue weighted by atomic mass is 16.5. The van der Waals surface area contributed by atoms with Crippen LogP contribution in [0.15, 0.2) is 5.11 Å². The van der Waals surface area contributed by atoms with Crippen molar-refractivity contribution in [3.05, 3.63) is 10.4 Å². The maximum absolute atomic E-state index is 11.4. The predicted molar refractivity (Wildman–Crippen MR) is 78.4 cm³/mol. The summed E-state index contributed by atoms with van der Waals surface area (Å²) in [5.41, 5.74) is 8.13. The first-order valence-corrected chi connectivity index (χ1v) is 6.89. The summed E-state index contributed by atoms with van der Waals surface area (Å²) >= 11 is 0. The summed E-state index contributed by atoms with van der Waals surface area (Å²) in [5.74, 6) is -1.87. The van der Waals surface area contributed by atoms with E-state index in [9.17, 15) is 9.59 Å². The number of rotatable bonds is 13. The van der Waals surface area contributed by atoms with Crippen molar-refractivity contribution in [3.63, 3.8) is 0 Å². The van der Waals surface area contributed by atoms with Crippen molar-refractivity contribution in [2.24, 2.45) is 5.11 Å². The molecular weight excluding hydrogens is 294 g/mol. The number of amides is 1. The average Bonchev–Trinajstić information content (AvgIpc) is 2.45. The second-order valence-corrected chi connectivity index (χ2v) is 4.65. The fourth-order valence-corrected chi connectivity index (χ4v) is 1.34. The summed E-state index contributed by atoms with van der Waals surface area (Å²) in [6.45, 7) is 5.27. The van der Waals surface area contributed by atoms with Gasteiger partial charge in [0.1, 0.15) is 12.6 Å². The number of hydrogen-bond donors (Lipinski definition) is 3. The Hall–Kier alpha value is -1.87. The Morgan fingerprint density at radius 1 is 1.27 bits per heavy atom. The van der Waals surface area contributed by atoms with Gasteiger partial charge in [-0.15, -0.1) is 0 Å². The van der Waals surface area contributed by atoms with Crippen molar-refractivity contribution in [2.45, 2.75) is 25.9 Å². The Morgan fingerprint density at radius 2 is 1.95 bits per heavy atom. The molecule has 0 saturated carbocycles. The standard InChI is InChI=1S/C12H23N5O5/c1-9(2)14-3-4-21-5-6-22-8-11(18)16-10(12(19)20)7-15-17-13/h9-10,14H,3-8H2,1-2H3,(H,16,18)(H,19,20)/t10-/m0/s1. The van der Waals surface area contributed by atoms with E-state index in [1.54, 1.807) is 0 Å². The van der Waals surface area contributed by atoms with Crippen molar-refractivity contribution in [3.8, 4) is 0 Å². The van der Waals surface area contributed by atoms with Crippen molar-refractivity contribution < 1.29 is 24.2 Å². The Bertz CT molecular complexity index is 384. The van der Waals surface area contributed by atoms with E-state index in [4.69, 9.17) is 20.1 Å². The summed E-state index contributed by atoms with van der Waals surface area (Å²) in [6.07, 6.45) is 0. The van der Waals surface area contributed by atoms with E-state index in [1.807, 2.05) is 13.8 Å². The molecule has 10 heteroatoms.